The fourth-order valence-corrected chi connectivity index (χ4v) is 3.79. The molecule has 0 aliphatic carbocycles. The molecule has 2 aliphatic rings. The third-order valence-electron chi connectivity index (χ3n) is 5.41. The van der Waals surface area contributed by atoms with Crippen LogP contribution in [-0.4, -0.2) is 47.3 Å². The highest BCUT2D eigenvalue weighted by atomic mass is 16.2. The smallest absolute Gasteiger partial charge is 0.250 e. The van der Waals surface area contributed by atoms with Crippen LogP contribution in [0, 0.1) is 5.92 Å². The molecule has 2 heterocycles. The Hall–Kier alpha value is -2.10. The van der Waals surface area contributed by atoms with E-state index in [9.17, 15) is 9.59 Å². The lowest BCUT2D eigenvalue weighted by Crippen LogP contribution is -2.50. The van der Waals surface area contributed by atoms with E-state index < -0.39 is 0 Å². The van der Waals surface area contributed by atoms with Crippen LogP contribution in [0.5, 0.6) is 0 Å². The number of piperidine rings is 1. The van der Waals surface area contributed by atoms with Crippen molar-refractivity contribution in [1.29, 1.82) is 0 Å². The van der Waals surface area contributed by atoms with Crippen molar-refractivity contribution >= 4 is 17.9 Å². The zero-order valence-electron chi connectivity index (χ0n) is 15.3. The van der Waals surface area contributed by atoms with Crippen LogP contribution in [0.25, 0.3) is 6.08 Å². The molecule has 0 N–H and O–H groups in total. The molecular formula is C21H28N2O2. The van der Waals surface area contributed by atoms with Crippen LogP contribution in [0.15, 0.2) is 35.9 Å². The number of hydrogen-bond acceptors (Lipinski definition) is 2. The van der Waals surface area contributed by atoms with Gasteiger partial charge in [-0.1, -0.05) is 37.3 Å². The highest BCUT2D eigenvalue weighted by Crippen LogP contribution is 2.25. The predicted octanol–water partition coefficient (Wildman–Crippen LogP) is 3.34. The number of carbonyl (C=O) groups is 2. The fraction of sp³-hybridized carbons (Fsp3) is 0.524. The van der Waals surface area contributed by atoms with Crippen LogP contribution in [0.3, 0.4) is 0 Å². The second kappa shape index (κ2) is 7.85. The first-order valence-electron chi connectivity index (χ1n) is 9.39. The maximum atomic E-state index is 12.9. The van der Waals surface area contributed by atoms with Gasteiger partial charge >= 0.3 is 0 Å². The molecule has 0 aromatic heterocycles. The lowest BCUT2D eigenvalue weighted by atomic mass is 9.98. The Morgan fingerprint density at radius 3 is 2.40 bits per heavy atom. The molecule has 2 fully saturated rings. The molecule has 0 spiro atoms. The largest absolute Gasteiger partial charge is 0.341 e. The number of benzene rings is 1. The highest BCUT2D eigenvalue weighted by Gasteiger charge is 2.37. The first-order chi connectivity index (χ1) is 12.1. The number of nitrogens with zero attached hydrogens (tertiary/aromatic N) is 2. The van der Waals surface area contributed by atoms with Crippen molar-refractivity contribution in [3.63, 3.8) is 0 Å². The van der Waals surface area contributed by atoms with Gasteiger partial charge in [0.05, 0.1) is 0 Å². The van der Waals surface area contributed by atoms with Gasteiger partial charge in [0, 0.05) is 25.2 Å². The molecule has 2 saturated heterocycles. The summed E-state index contributed by atoms with van der Waals surface area (Å²) in [4.78, 5) is 29.6. The molecule has 134 valence electrons. The van der Waals surface area contributed by atoms with E-state index in [1.54, 1.807) is 4.90 Å². The van der Waals surface area contributed by atoms with Crippen LogP contribution in [0.1, 0.15) is 45.1 Å². The molecule has 4 heteroatoms. The summed E-state index contributed by atoms with van der Waals surface area (Å²) in [6, 6.07) is 9.58. The summed E-state index contributed by atoms with van der Waals surface area (Å²) in [5, 5.41) is 0. The Morgan fingerprint density at radius 1 is 1.04 bits per heavy atom. The van der Waals surface area contributed by atoms with Gasteiger partial charge in [-0.15, -0.1) is 0 Å². The zero-order chi connectivity index (χ0) is 17.8. The summed E-state index contributed by atoms with van der Waals surface area (Å²) in [5.41, 5.74) is 1.71. The molecule has 25 heavy (non-hydrogen) atoms. The Morgan fingerprint density at radius 2 is 1.72 bits per heavy atom. The van der Waals surface area contributed by atoms with E-state index in [2.05, 4.69) is 6.92 Å². The first-order valence-corrected chi connectivity index (χ1v) is 9.39. The van der Waals surface area contributed by atoms with Gasteiger partial charge in [0.15, 0.2) is 0 Å². The summed E-state index contributed by atoms with van der Waals surface area (Å²) in [5.74, 6) is 0.830. The topological polar surface area (TPSA) is 40.6 Å². The highest BCUT2D eigenvalue weighted by molar-refractivity contribution is 6.00. The molecule has 0 bridgehead atoms. The third-order valence-corrected chi connectivity index (χ3v) is 5.41. The second-order valence-corrected chi connectivity index (χ2v) is 7.40. The Bertz CT molecular complexity index is 645. The molecule has 1 aromatic carbocycles. The average molecular weight is 340 g/mol. The molecular weight excluding hydrogens is 312 g/mol. The molecule has 2 aliphatic heterocycles. The molecule has 1 aromatic rings. The van der Waals surface area contributed by atoms with Gasteiger partial charge in [0.25, 0.3) is 0 Å². The SMILES string of the molecule is C/C(=C\c1ccccc1)C(=O)N1CCC[C@@H]1C(=O)N1CCC(C)CC1. The van der Waals surface area contributed by atoms with Crippen molar-refractivity contribution in [2.75, 3.05) is 19.6 Å². The van der Waals surface area contributed by atoms with E-state index in [1.807, 2.05) is 48.2 Å². The monoisotopic (exact) mass is 340 g/mol. The average Bonchev–Trinajstić information content (AvgIpc) is 3.11. The number of likely N-dealkylation sites (tertiary alicyclic amines) is 2. The summed E-state index contributed by atoms with van der Waals surface area (Å²) >= 11 is 0. The lowest BCUT2D eigenvalue weighted by molar-refractivity contribution is -0.143. The summed E-state index contributed by atoms with van der Waals surface area (Å²) in [6.45, 7) is 6.43. The molecule has 0 saturated carbocycles. The molecule has 1 atom stereocenters. The Kier molecular flexibility index (Phi) is 5.57. The van der Waals surface area contributed by atoms with Crippen molar-refractivity contribution in [2.24, 2.45) is 5.92 Å². The van der Waals surface area contributed by atoms with Crippen molar-refractivity contribution in [1.82, 2.24) is 9.80 Å². The van der Waals surface area contributed by atoms with Gasteiger partial charge in [-0.3, -0.25) is 9.59 Å². The van der Waals surface area contributed by atoms with Gasteiger partial charge in [-0.2, -0.15) is 0 Å². The number of carbonyl (C=O) groups excluding carboxylic acids is 2. The van der Waals surface area contributed by atoms with Gasteiger partial charge < -0.3 is 9.80 Å². The molecule has 0 radical (unpaired) electrons. The quantitative estimate of drug-likeness (QED) is 0.792. The second-order valence-electron chi connectivity index (χ2n) is 7.40. The van der Waals surface area contributed by atoms with Gasteiger partial charge in [-0.25, -0.2) is 0 Å². The first kappa shape index (κ1) is 17.7. The van der Waals surface area contributed by atoms with Crippen LogP contribution in [0.4, 0.5) is 0 Å². The van der Waals surface area contributed by atoms with Crippen LogP contribution in [0.2, 0.25) is 0 Å². The van der Waals surface area contributed by atoms with E-state index in [-0.39, 0.29) is 17.9 Å². The maximum absolute atomic E-state index is 12.9. The van der Waals surface area contributed by atoms with Crippen molar-refractivity contribution in [2.45, 2.75) is 45.6 Å². The van der Waals surface area contributed by atoms with Crippen molar-refractivity contribution in [3.8, 4) is 0 Å². The summed E-state index contributed by atoms with van der Waals surface area (Å²) in [6.07, 6.45) is 5.74. The normalized spacial score (nSPS) is 22.3. The molecule has 2 amide bonds. The standard InChI is InChI=1S/C21H28N2O2/c1-16-10-13-22(14-11-16)21(25)19-9-6-12-23(19)20(24)17(2)15-18-7-4-3-5-8-18/h3-5,7-8,15-16,19H,6,9-14H2,1-2H3/b17-15+/t19-/m1/s1. The number of rotatable bonds is 3. The Labute approximate surface area is 150 Å². The molecule has 4 nitrogen and oxygen atoms in total. The van der Waals surface area contributed by atoms with E-state index in [4.69, 9.17) is 0 Å². The minimum atomic E-state index is -0.278. The molecule has 0 unspecified atom stereocenters. The number of amides is 2. The minimum Gasteiger partial charge on any atom is -0.341 e. The number of hydrogen-bond donors (Lipinski definition) is 0. The Balaban J connectivity index is 1.69. The lowest BCUT2D eigenvalue weighted by Gasteiger charge is -2.34. The predicted molar refractivity (Wildman–Crippen MR) is 99.8 cm³/mol. The summed E-state index contributed by atoms with van der Waals surface area (Å²) < 4.78 is 0. The minimum absolute atomic E-state index is 0.00918. The van der Waals surface area contributed by atoms with Crippen molar-refractivity contribution < 1.29 is 9.59 Å². The fourth-order valence-electron chi connectivity index (χ4n) is 3.79. The van der Waals surface area contributed by atoms with E-state index >= 15 is 0 Å². The molecule has 3 rings (SSSR count). The third kappa shape index (κ3) is 4.12. The van der Waals surface area contributed by atoms with E-state index in [0.29, 0.717) is 18.0 Å². The zero-order valence-corrected chi connectivity index (χ0v) is 15.3. The maximum Gasteiger partial charge on any atom is 0.250 e. The van der Waals surface area contributed by atoms with Crippen LogP contribution >= 0.6 is 0 Å². The van der Waals surface area contributed by atoms with Gasteiger partial charge in [0.1, 0.15) is 6.04 Å². The van der Waals surface area contributed by atoms with E-state index in [0.717, 1.165) is 44.3 Å². The van der Waals surface area contributed by atoms with Crippen molar-refractivity contribution in [3.05, 3.63) is 41.5 Å². The van der Waals surface area contributed by atoms with Gasteiger partial charge in [-0.05, 0) is 50.2 Å². The van der Waals surface area contributed by atoms with Crippen LogP contribution in [-0.2, 0) is 9.59 Å². The van der Waals surface area contributed by atoms with E-state index in [1.165, 1.54) is 0 Å². The van der Waals surface area contributed by atoms with Gasteiger partial charge in [0.2, 0.25) is 11.8 Å². The summed E-state index contributed by atoms with van der Waals surface area (Å²) in [7, 11) is 0. The van der Waals surface area contributed by atoms with Crippen LogP contribution < -0.4 is 0 Å².